The second kappa shape index (κ2) is 10.8. The Balaban J connectivity index is 1.73. The first-order valence-corrected chi connectivity index (χ1v) is 12.4. The van der Waals surface area contributed by atoms with Gasteiger partial charge in [0.1, 0.15) is 11.1 Å². The predicted octanol–water partition coefficient (Wildman–Crippen LogP) is 6.15. The number of carbonyl (C=O) groups excluding carboxylic acids is 1. The second-order valence-electron chi connectivity index (χ2n) is 7.44. The molecule has 3 aromatic rings. The number of nitriles is 1. The fourth-order valence-electron chi connectivity index (χ4n) is 3.82. The molecule has 2 aromatic carbocycles. The Morgan fingerprint density at radius 2 is 2.06 bits per heavy atom. The smallest absolute Gasteiger partial charge is 0.259 e. The van der Waals surface area contributed by atoms with Gasteiger partial charge in [-0.05, 0) is 78.1 Å². The van der Waals surface area contributed by atoms with E-state index in [0.717, 1.165) is 40.5 Å². The van der Waals surface area contributed by atoms with Crippen LogP contribution in [0.2, 0.25) is 0 Å². The van der Waals surface area contributed by atoms with Crippen molar-refractivity contribution in [3.63, 3.8) is 0 Å². The molecule has 0 unspecified atom stereocenters. The molecule has 1 heterocycles. The van der Waals surface area contributed by atoms with Crippen molar-refractivity contribution in [1.82, 2.24) is 0 Å². The highest BCUT2D eigenvalue weighted by Crippen LogP contribution is 2.41. The number of aryl methyl sites for hydroxylation is 1. The van der Waals surface area contributed by atoms with Gasteiger partial charge in [0.05, 0.1) is 12.7 Å². The summed E-state index contributed by atoms with van der Waals surface area (Å²) >= 11 is 3.77. The van der Waals surface area contributed by atoms with Gasteiger partial charge in [0.25, 0.3) is 5.91 Å². The second-order valence-corrected chi connectivity index (χ2v) is 9.77. The molecule has 0 spiro atoms. The Kier molecular flexibility index (Phi) is 7.62. The zero-order valence-corrected chi connectivity index (χ0v) is 21.0. The van der Waals surface area contributed by atoms with E-state index in [-0.39, 0.29) is 12.5 Å². The van der Waals surface area contributed by atoms with Gasteiger partial charge in [-0.3, -0.25) is 4.79 Å². The van der Waals surface area contributed by atoms with Crippen LogP contribution in [0.3, 0.4) is 0 Å². The van der Waals surface area contributed by atoms with E-state index in [1.54, 1.807) is 24.7 Å². The van der Waals surface area contributed by atoms with E-state index in [0.29, 0.717) is 27.6 Å². The van der Waals surface area contributed by atoms with Crippen molar-refractivity contribution >= 4 is 56.7 Å². The van der Waals surface area contributed by atoms with Gasteiger partial charge in [0.15, 0.2) is 18.1 Å². The summed E-state index contributed by atoms with van der Waals surface area (Å²) in [6.45, 7) is -0.101. The predicted molar refractivity (Wildman–Crippen MR) is 139 cm³/mol. The van der Waals surface area contributed by atoms with E-state index in [1.165, 1.54) is 4.88 Å². The lowest BCUT2D eigenvalue weighted by molar-refractivity contribution is 0.102. The molecule has 1 N–H and O–H groups in total. The molecule has 0 saturated carbocycles. The summed E-state index contributed by atoms with van der Waals surface area (Å²) in [6, 6.07) is 15.2. The van der Waals surface area contributed by atoms with Crippen LogP contribution in [-0.2, 0) is 12.8 Å². The van der Waals surface area contributed by atoms with Gasteiger partial charge in [-0.15, -0.1) is 11.3 Å². The fraction of sp³-hybridized carbons (Fsp3) is 0.240. The summed E-state index contributed by atoms with van der Waals surface area (Å²) in [4.78, 5) is 19.3. The summed E-state index contributed by atoms with van der Waals surface area (Å²) in [6.07, 6.45) is 5.73. The first-order chi connectivity index (χ1) is 16.1. The third-order valence-corrected chi connectivity index (χ3v) is 7.10. The van der Waals surface area contributed by atoms with Gasteiger partial charge in [-0.2, -0.15) is 5.26 Å². The largest absolute Gasteiger partial charge is 0.493 e. The average Bonchev–Trinajstić information content (AvgIpc) is 3.20. The summed E-state index contributed by atoms with van der Waals surface area (Å²) in [5, 5.41) is 12.7. The molecular formula is C25H22IN3O3S. The molecule has 33 heavy (non-hydrogen) atoms. The van der Waals surface area contributed by atoms with Crippen molar-refractivity contribution in [3.05, 3.63) is 67.6 Å². The number of nitrogens with zero attached hydrogens (tertiary/aromatic N) is 2. The van der Waals surface area contributed by atoms with Gasteiger partial charge in [0, 0.05) is 25.9 Å². The van der Waals surface area contributed by atoms with Gasteiger partial charge in [-0.1, -0.05) is 18.2 Å². The van der Waals surface area contributed by atoms with Crippen molar-refractivity contribution in [2.75, 3.05) is 19.0 Å². The topological polar surface area (TPSA) is 83.7 Å². The van der Waals surface area contributed by atoms with Crippen molar-refractivity contribution in [2.24, 2.45) is 4.99 Å². The molecule has 1 aliphatic carbocycles. The standard InChI is InChI=1S/C25H22IN3O3S/c1-31-20-14-17(26)13-16(23(20)32-12-11-27)15-28-25-22(19-9-5-6-10-21(19)33-25)24(30)29-18-7-3-2-4-8-18/h2-4,7-8,13-15H,5-6,9-10,12H2,1H3,(H,29,30). The number of methoxy groups -OCH3 is 1. The SMILES string of the molecule is COc1cc(I)cc(C=Nc2sc3c(c2C(=O)Nc2ccccc2)CCCC3)c1OCC#N. The van der Waals surface area contributed by atoms with Gasteiger partial charge >= 0.3 is 0 Å². The minimum atomic E-state index is -0.145. The molecule has 4 rings (SSSR count). The number of rotatable bonds is 7. The van der Waals surface area contributed by atoms with Crippen LogP contribution in [0.25, 0.3) is 0 Å². The number of ether oxygens (including phenoxy) is 2. The number of hydrogen-bond donors (Lipinski definition) is 1. The average molecular weight is 571 g/mol. The van der Waals surface area contributed by atoms with Gasteiger partial charge in [-0.25, -0.2) is 4.99 Å². The number of anilines is 1. The lowest BCUT2D eigenvalue weighted by Gasteiger charge is -2.13. The Hall–Kier alpha value is -2.90. The van der Waals surface area contributed by atoms with Crippen molar-refractivity contribution in [3.8, 4) is 17.6 Å². The minimum Gasteiger partial charge on any atom is -0.493 e. The number of benzene rings is 2. The lowest BCUT2D eigenvalue weighted by Crippen LogP contribution is -2.14. The first kappa shape index (κ1) is 23.3. The number of halogens is 1. The minimum absolute atomic E-state index is 0.101. The monoisotopic (exact) mass is 571 g/mol. The summed E-state index contributed by atoms with van der Waals surface area (Å²) in [5.41, 5.74) is 3.19. The molecule has 1 aromatic heterocycles. The summed E-state index contributed by atoms with van der Waals surface area (Å²) in [5.74, 6) is 0.847. The molecule has 8 heteroatoms. The van der Waals surface area contributed by atoms with Crippen LogP contribution < -0.4 is 14.8 Å². The Bertz CT molecular complexity index is 1230. The number of para-hydroxylation sites is 1. The van der Waals surface area contributed by atoms with Crippen LogP contribution in [0, 0.1) is 14.9 Å². The molecule has 0 radical (unpaired) electrons. The maximum Gasteiger partial charge on any atom is 0.259 e. The zero-order chi connectivity index (χ0) is 23.2. The van der Waals surface area contributed by atoms with E-state index < -0.39 is 0 Å². The third kappa shape index (κ3) is 5.37. The highest BCUT2D eigenvalue weighted by molar-refractivity contribution is 14.1. The maximum absolute atomic E-state index is 13.3. The molecule has 168 valence electrons. The molecule has 1 amide bonds. The fourth-order valence-corrected chi connectivity index (χ4v) is 5.66. The normalized spacial score (nSPS) is 12.8. The molecule has 0 atom stereocenters. The maximum atomic E-state index is 13.3. The Labute approximate surface area is 210 Å². The number of hydrogen-bond acceptors (Lipinski definition) is 6. The highest BCUT2D eigenvalue weighted by atomic mass is 127. The number of thiophene rings is 1. The molecule has 0 bridgehead atoms. The van der Waals surface area contributed by atoms with E-state index >= 15 is 0 Å². The molecule has 0 aliphatic heterocycles. The lowest BCUT2D eigenvalue weighted by atomic mass is 9.95. The number of amides is 1. The van der Waals surface area contributed by atoms with Crippen LogP contribution in [0.1, 0.15) is 39.2 Å². The molecular weight excluding hydrogens is 549 g/mol. The van der Waals surface area contributed by atoms with Crippen molar-refractivity contribution < 1.29 is 14.3 Å². The quantitative estimate of drug-likeness (QED) is 0.273. The molecule has 1 aliphatic rings. The van der Waals surface area contributed by atoms with Crippen LogP contribution in [0.5, 0.6) is 11.5 Å². The number of carbonyl (C=O) groups is 1. The highest BCUT2D eigenvalue weighted by Gasteiger charge is 2.25. The first-order valence-electron chi connectivity index (χ1n) is 10.5. The Morgan fingerprint density at radius 1 is 1.27 bits per heavy atom. The summed E-state index contributed by atoms with van der Waals surface area (Å²) in [7, 11) is 1.56. The van der Waals surface area contributed by atoms with Crippen LogP contribution in [-0.4, -0.2) is 25.8 Å². The van der Waals surface area contributed by atoms with E-state index in [1.807, 2.05) is 48.5 Å². The van der Waals surface area contributed by atoms with E-state index in [2.05, 4.69) is 27.9 Å². The van der Waals surface area contributed by atoms with E-state index in [9.17, 15) is 4.79 Å². The zero-order valence-electron chi connectivity index (χ0n) is 18.1. The number of nitrogens with one attached hydrogen (secondary N) is 1. The van der Waals surface area contributed by atoms with Crippen molar-refractivity contribution in [1.29, 1.82) is 5.26 Å². The molecule has 0 saturated heterocycles. The molecule has 0 fully saturated rings. The third-order valence-electron chi connectivity index (χ3n) is 5.28. The van der Waals surface area contributed by atoms with Crippen LogP contribution >= 0.6 is 33.9 Å². The van der Waals surface area contributed by atoms with Gasteiger partial charge < -0.3 is 14.8 Å². The van der Waals surface area contributed by atoms with Gasteiger partial charge in [0.2, 0.25) is 0 Å². The Morgan fingerprint density at radius 3 is 2.82 bits per heavy atom. The number of fused-ring (bicyclic) bond motifs is 1. The van der Waals surface area contributed by atoms with E-state index in [4.69, 9.17) is 19.7 Å². The number of aliphatic imine (C=N–C) groups is 1. The molecule has 6 nitrogen and oxygen atoms in total. The summed E-state index contributed by atoms with van der Waals surface area (Å²) < 4.78 is 12.0. The van der Waals surface area contributed by atoms with Crippen molar-refractivity contribution in [2.45, 2.75) is 25.7 Å². The van der Waals surface area contributed by atoms with Crippen LogP contribution in [0.4, 0.5) is 10.7 Å². The van der Waals surface area contributed by atoms with Crippen LogP contribution in [0.15, 0.2) is 47.5 Å².